The zero-order valence-electron chi connectivity index (χ0n) is 25.0. The van der Waals surface area contributed by atoms with E-state index in [1.54, 1.807) is 0 Å². The van der Waals surface area contributed by atoms with E-state index >= 15 is 0 Å². The summed E-state index contributed by atoms with van der Waals surface area (Å²) in [5.41, 5.74) is 4.24. The first kappa shape index (κ1) is 28.8. The fraction of sp³-hybridized carbons (Fsp3) is 0.667. The predicted molar refractivity (Wildman–Crippen MR) is 159 cm³/mol. The molecule has 40 heavy (non-hydrogen) atoms. The van der Waals surface area contributed by atoms with Gasteiger partial charge in [0.1, 0.15) is 11.6 Å². The molecule has 1 spiro atoms. The van der Waals surface area contributed by atoms with Crippen LogP contribution in [0, 0.1) is 19.8 Å². The van der Waals surface area contributed by atoms with Gasteiger partial charge < -0.3 is 10.2 Å². The van der Waals surface area contributed by atoms with Crippen molar-refractivity contribution in [2.24, 2.45) is 5.92 Å². The van der Waals surface area contributed by atoms with Crippen LogP contribution in [0.5, 0.6) is 0 Å². The van der Waals surface area contributed by atoms with Crippen molar-refractivity contribution in [2.75, 3.05) is 19.6 Å². The third kappa shape index (κ3) is 6.14. The molecule has 7 nitrogen and oxygen atoms in total. The maximum absolute atomic E-state index is 13.8. The minimum absolute atomic E-state index is 0.0877. The lowest BCUT2D eigenvalue weighted by molar-refractivity contribution is -0.162. The van der Waals surface area contributed by atoms with Crippen molar-refractivity contribution in [1.82, 2.24) is 24.9 Å². The number of rotatable bonds is 10. The monoisotopic (exact) mass is 547 g/mol. The molecule has 7 heteroatoms. The van der Waals surface area contributed by atoms with Gasteiger partial charge in [0.05, 0.1) is 5.69 Å². The Hall–Kier alpha value is -2.67. The maximum Gasteiger partial charge on any atom is 0.246 e. The molecule has 1 atom stereocenters. The zero-order chi connectivity index (χ0) is 28.1. The first-order valence-electron chi connectivity index (χ1n) is 15.8. The van der Waals surface area contributed by atoms with Gasteiger partial charge in [0.2, 0.25) is 11.8 Å². The number of carbonyl (C=O) groups is 2. The molecule has 218 valence electrons. The Kier molecular flexibility index (Phi) is 9.29. The molecule has 1 aromatic heterocycles. The van der Waals surface area contributed by atoms with E-state index < -0.39 is 5.54 Å². The van der Waals surface area contributed by atoms with E-state index in [1.165, 1.54) is 48.9 Å². The Labute approximate surface area is 240 Å². The predicted octanol–water partition coefficient (Wildman–Crippen LogP) is 5.17. The SMILES string of the molecule is CCCCN1C(=O)C(CC2CCCCC2)NC(=O)C12CCN(Cc1c(C)nn(CCc3ccccc3)c1C)CC2. The van der Waals surface area contributed by atoms with Crippen LogP contribution in [0.15, 0.2) is 30.3 Å². The average molecular weight is 548 g/mol. The number of hydrogen-bond donors (Lipinski definition) is 1. The molecule has 2 aromatic rings. The van der Waals surface area contributed by atoms with Gasteiger partial charge in [-0.15, -0.1) is 0 Å². The number of carbonyl (C=O) groups excluding carboxylic acids is 2. The van der Waals surface area contributed by atoms with E-state index in [9.17, 15) is 9.59 Å². The number of aromatic nitrogens is 2. The van der Waals surface area contributed by atoms with E-state index in [1.807, 2.05) is 4.90 Å². The fourth-order valence-corrected chi connectivity index (χ4v) is 7.29. The van der Waals surface area contributed by atoms with E-state index in [0.29, 0.717) is 25.3 Å². The molecule has 1 aromatic carbocycles. The first-order valence-corrected chi connectivity index (χ1v) is 15.8. The Morgan fingerprint density at radius 1 is 1.00 bits per heavy atom. The second kappa shape index (κ2) is 12.9. The summed E-state index contributed by atoms with van der Waals surface area (Å²) in [5.74, 6) is 0.815. The van der Waals surface area contributed by atoms with E-state index in [2.05, 4.69) is 66.0 Å². The van der Waals surface area contributed by atoms with Gasteiger partial charge in [-0.05, 0) is 57.4 Å². The summed E-state index contributed by atoms with van der Waals surface area (Å²) in [4.78, 5) is 32.1. The highest BCUT2D eigenvalue weighted by Crippen LogP contribution is 2.36. The average Bonchev–Trinajstić information content (AvgIpc) is 3.24. The van der Waals surface area contributed by atoms with Gasteiger partial charge in [0.15, 0.2) is 0 Å². The lowest BCUT2D eigenvalue weighted by atomic mass is 9.79. The van der Waals surface area contributed by atoms with E-state index in [4.69, 9.17) is 5.10 Å². The molecule has 5 rings (SSSR count). The number of nitrogens with zero attached hydrogens (tertiary/aromatic N) is 4. The highest BCUT2D eigenvalue weighted by Gasteiger charge is 2.53. The van der Waals surface area contributed by atoms with Gasteiger partial charge in [0, 0.05) is 44.0 Å². The molecular formula is C33H49N5O2. The second-order valence-corrected chi connectivity index (χ2v) is 12.5. The number of piperidine rings is 1. The van der Waals surface area contributed by atoms with Crippen LogP contribution in [0.25, 0.3) is 0 Å². The van der Waals surface area contributed by atoms with Crippen molar-refractivity contribution in [1.29, 1.82) is 0 Å². The molecule has 1 aliphatic carbocycles. The topological polar surface area (TPSA) is 70.5 Å². The van der Waals surface area contributed by atoms with Crippen LogP contribution in [0.2, 0.25) is 0 Å². The number of unbranched alkanes of at least 4 members (excludes halogenated alkanes) is 1. The van der Waals surface area contributed by atoms with Crippen molar-refractivity contribution >= 4 is 11.8 Å². The molecule has 1 saturated carbocycles. The second-order valence-electron chi connectivity index (χ2n) is 12.5. The van der Waals surface area contributed by atoms with Gasteiger partial charge >= 0.3 is 0 Å². The standard InChI is InChI=1S/C33H49N5O2/c1-4-5-19-37-31(39)30(23-28-14-10-7-11-15-28)34-32(40)33(37)17-21-36(22-18-33)24-29-25(2)35-38(26(29)3)20-16-27-12-8-6-9-13-27/h6,8-9,12-13,28,30H,4-5,7,10-11,14-24H2,1-3H3,(H,34,40). The van der Waals surface area contributed by atoms with Crippen LogP contribution in [-0.2, 0) is 29.1 Å². The van der Waals surface area contributed by atoms with Crippen LogP contribution in [0.1, 0.15) is 93.6 Å². The highest BCUT2D eigenvalue weighted by atomic mass is 16.2. The summed E-state index contributed by atoms with van der Waals surface area (Å²) in [7, 11) is 0. The molecule has 2 saturated heterocycles. The number of amides is 2. The Bertz CT molecular complexity index is 1150. The van der Waals surface area contributed by atoms with Gasteiger partial charge in [-0.1, -0.05) is 75.8 Å². The summed E-state index contributed by atoms with van der Waals surface area (Å²) in [6.07, 6.45) is 11.3. The summed E-state index contributed by atoms with van der Waals surface area (Å²) >= 11 is 0. The molecule has 3 aliphatic rings. The molecule has 0 radical (unpaired) electrons. The number of hydrogen-bond acceptors (Lipinski definition) is 4. The molecule has 2 amide bonds. The molecule has 2 aliphatic heterocycles. The third-order valence-corrected chi connectivity index (χ3v) is 9.89. The van der Waals surface area contributed by atoms with Crippen molar-refractivity contribution in [3.63, 3.8) is 0 Å². The van der Waals surface area contributed by atoms with Gasteiger partial charge in [-0.2, -0.15) is 5.10 Å². The Morgan fingerprint density at radius 3 is 2.42 bits per heavy atom. The lowest BCUT2D eigenvalue weighted by Crippen LogP contribution is -2.73. The highest BCUT2D eigenvalue weighted by molar-refractivity contribution is 6.00. The molecule has 1 N–H and O–H groups in total. The Balaban J connectivity index is 1.23. The minimum atomic E-state index is -0.699. The number of aryl methyl sites for hydroxylation is 3. The molecular weight excluding hydrogens is 498 g/mol. The molecule has 1 unspecified atom stereocenters. The fourth-order valence-electron chi connectivity index (χ4n) is 7.29. The van der Waals surface area contributed by atoms with Crippen molar-refractivity contribution in [2.45, 2.75) is 116 Å². The quantitative estimate of drug-likeness (QED) is 0.445. The van der Waals surface area contributed by atoms with Crippen LogP contribution < -0.4 is 5.32 Å². The summed E-state index contributed by atoms with van der Waals surface area (Å²) in [6, 6.07) is 10.2. The van der Waals surface area contributed by atoms with E-state index in [-0.39, 0.29) is 17.9 Å². The lowest BCUT2D eigenvalue weighted by Gasteiger charge is -2.52. The van der Waals surface area contributed by atoms with Gasteiger partial charge in [-0.3, -0.25) is 19.2 Å². The number of piperazine rings is 1. The van der Waals surface area contributed by atoms with Gasteiger partial charge in [0.25, 0.3) is 0 Å². The molecule has 3 fully saturated rings. The van der Waals surface area contributed by atoms with Crippen molar-refractivity contribution in [3.05, 3.63) is 52.8 Å². The number of likely N-dealkylation sites (tertiary alicyclic amines) is 1. The Morgan fingerprint density at radius 2 is 1.73 bits per heavy atom. The zero-order valence-corrected chi connectivity index (χ0v) is 25.0. The first-order chi connectivity index (χ1) is 19.4. The normalized spacial score (nSPS) is 22.2. The van der Waals surface area contributed by atoms with Crippen LogP contribution in [0.4, 0.5) is 0 Å². The maximum atomic E-state index is 13.8. The van der Waals surface area contributed by atoms with Crippen molar-refractivity contribution < 1.29 is 9.59 Å². The van der Waals surface area contributed by atoms with Gasteiger partial charge in [-0.25, -0.2) is 0 Å². The van der Waals surface area contributed by atoms with Crippen LogP contribution in [-0.4, -0.2) is 62.6 Å². The number of nitrogens with one attached hydrogen (secondary N) is 1. The largest absolute Gasteiger partial charge is 0.342 e. The van der Waals surface area contributed by atoms with Crippen molar-refractivity contribution in [3.8, 4) is 0 Å². The van der Waals surface area contributed by atoms with Crippen LogP contribution in [0.3, 0.4) is 0 Å². The summed E-state index contributed by atoms with van der Waals surface area (Å²) < 4.78 is 2.15. The van der Waals surface area contributed by atoms with E-state index in [0.717, 1.165) is 57.6 Å². The summed E-state index contributed by atoms with van der Waals surface area (Å²) in [6.45, 7) is 10.5. The summed E-state index contributed by atoms with van der Waals surface area (Å²) in [5, 5.41) is 8.10. The minimum Gasteiger partial charge on any atom is -0.342 e. The molecule has 3 heterocycles. The number of benzene rings is 1. The molecule has 0 bridgehead atoms. The smallest absolute Gasteiger partial charge is 0.246 e. The third-order valence-electron chi connectivity index (χ3n) is 9.89. The van der Waals surface area contributed by atoms with Crippen LogP contribution >= 0.6 is 0 Å².